The number of hydrogen-bond donors (Lipinski definition) is 1. The molecule has 21 heavy (non-hydrogen) atoms. The molecule has 1 aliphatic carbocycles. The summed E-state index contributed by atoms with van der Waals surface area (Å²) in [6.07, 6.45) is 4.86. The van der Waals surface area contributed by atoms with Crippen molar-refractivity contribution in [1.29, 1.82) is 0 Å². The molecule has 1 aliphatic rings. The van der Waals surface area contributed by atoms with E-state index in [9.17, 15) is 4.79 Å². The fourth-order valence-corrected chi connectivity index (χ4v) is 3.16. The molecule has 4 heteroatoms. The van der Waals surface area contributed by atoms with E-state index in [0.717, 1.165) is 11.5 Å². The zero-order valence-electron chi connectivity index (χ0n) is 12.1. The second-order valence-electron chi connectivity index (χ2n) is 5.93. The quantitative estimate of drug-likeness (QED) is 0.911. The maximum Gasteiger partial charge on any atom is 0.374 e. The number of carboxylic acid groups (broad SMARTS) is 1. The number of rotatable bonds is 3. The van der Waals surface area contributed by atoms with Gasteiger partial charge in [-0.2, -0.15) is 0 Å². The van der Waals surface area contributed by atoms with Crippen molar-refractivity contribution in [1.82, 2.24) is 5.16 Å². The fourth-order valence-electron chi connectivity index (χ4n) is 3.16. The SMILES string of the molecule is CC1CCC(c2ccccc2-c2cc(C(=O)O)on2)CC1. The Morgan fingerprint density at radius 3 is 2.62 bits per heavy atom. The van der Waals surface area contributed by atoms with Gasteiger partial charge in [-0.15, -0.1) is 0 Å². The lowest BCUT2D eigenvalue weighted by Gasteiger charge is -2.27. The van der Waals surface area contributed by atoms with Gasteiger partial charge < -0.3 is 9.63 Å². The van der Waals surface area contributed by atoms with Crippen molar-refractivity contribution in [3.8, 4) is 11.3 Å². The van der Waals surface area contributed by atoms with Gasteiger partial charge in [0.2, 0.25) is 5.76 Å². The molecule has 0 bridgehead atoms. The van der Waals surface area contributed by atoms with Crippen LogP contribution >= 0.6 is 0 Å². The Hall–Kier alpha value is -2.10. The van der Waals surface area contributed by atoms with Crippen LogP contribution in [-0.4, -0.2) is 16.2 Å². The van der Waals surface area contributed by atoms with Crippen LogP contribution in [0.15, 0.2) is 34.9 Å². The molecule has 110 valence electrons. The molecule has 4 nitrogen and oxygen atoms in total. The van der Waals surface area contributed by atoms with Crippen LogP contribution in [0.5, 0.6) is 0 Å². The van der Waals surface area contributed by atoms with Crippen LogP contribution in [0.4, 0.5) is 0 Å². The van der Waals surface area contributed by atoms with E-state index in [1.807, 2.05) is 18.2 Å². The molecular weight excluding hydrogens is 266 g/mol. The second-order valence-corrected chi connectivity index (χ2v) is 5.93. The smallest absolute Gasteiger partial charge is 0.374 e. The van der Waals surface area contributed by atoms with E-state index in [2.05, 4.69) is 18.1 Å². The van der Waals surface area contributed by atoms with Gasteiger partial charge in [-0.1, -0.05) is 49.2 Å². The molecule has 1 aromatic carbocycles. The molecular formula is C17H19NO3. The first kappa shape index (κ1) is 13.9. The molecule has 1 N–H and O–H groups in total. The Labute approximate surface area is 123 Å². The molecule has 0 unspecified atom stereocenters. The molecule has 2 aromatic rings. The minimum atomic E-state index is -1.09. The summed E-state index contributed by atoms with van der Waals surface area (Å²) in [5.74, 6) is 0.135. The molecule has 0 spiro atoms. The number of hydrogen-bond acceptors (Lipinski definition) is 3. The molecule has 0 saturated heterocycles. The summed E-state index contributed by atoms with van der Waals surface area (Å²) in [5, 5.41) is 12.9. The largest absolute Gasteiger partial charge is 0.475 e. The van der Waals surface area contributed by atoms with Crippen molar-refractivity contribution in [3.05, 3.63) is 41.7 Å². The Morgan fingerprint density at radius 1 is 1.24 bits per heavy atom. The number of nitrogens with zero attached hydrogens (tertiary/aromatic N) is 1. The highest BCUT2D eigenvalue weighted by Gasteiger charge is 2.23. The maximum atomic E-state index is 10.9. The van der Waals surface area contributed by atoms with Crippen molar-refractivity contribution >= 4 is 5.97 Å². The van der Waals surface area contributed by atoms with Gasteiger partial charge in [-0.05, 0) is 30.2 Å². The van der Waals surface area contributed by atoms with Crippen LogP contribution in [0.2, 0.25) is 0 Å². The monoisotopic (exact) mass is 285 g/mol. The predicted molar refractivity (Wildman–Crippen MR) is 79.3 cm³/mol. The highest BCUT2D eigenvalue weighted by molar-refractivity contribution is 5.85. The van der Waals surface area contributed by atoms with Crippen molar-refractivity contribution in [3.63, 3.8) is 0 Å². The molecule has 1 heterocycles. The predicted octanol–water partition coefficient (Wildman–Crippen LogP) is 4.33. The van der Waals surface area contributed by atoms with Gasteiger partial charge in [0, 0.05) is 11.6 Å². The van der Waals surface area contributed by atoms with Crippen molar-refractivity contribution in [2.75, 3.05) is 0 Å². The van der Waals surface area contributed by atoms with Crippen LogP contribution < -0.4 is 0 Å². The molecule has 3 rings (SSSR count). The van der Waals surface area contributed by atoms with Crippen molar-refractivity contribution in [2.45, 2.75) is 38.5 Å². The Kier molecular flexibility index (Phi) is 3.78. The van der Waals surface area contributed by atoms with Gasteiger partial charge in [0.1, 0.15) is 5.69 Å². The van der Waals surface area contributed by atoms with Gasteiger partial charge in [0.15, 0.2) is 0 Å². The average Bonchev–Trinajstić information content (AvgIpc) is 2.98. The summed E-state index contributed by atoms with van der Waals surface area (Å²) < 4.78 is 4.89. The highest BCUT2D eigenvalue weighted by atomic mass is 16.5. The summed E-state index contributed by atoms with van der Waals surface area (Å²) in [5.41, 5.74) is 2.87. The summed E-state index contributed by atoms with van der Waals surface area (Å²) in [6, 6.07) is 9.63. The molecule has 0 amide bonds. The van der Waals surface area contributed by atoms with E-state index in [4.69, 9.17) is 9.63 Å². The highest BCUT2D eigenvalue weighted by Crippen LogP contribution is 2.39. The van der Waals surface area contributed by atoms with Crippen molar-refractivity contribution < 1.29 is 14.4 Å². The van der Waals surface area contributed by atoms with Crippen LogP contribution in [0, 0.1) is 5.92 Å². The third-order valence-corrected chi connectivity index (χ3v) is 4.41. The van der Waals surface area contributed by atoms with E-state index < -0.39 is 5.97 Å². The van der Waals surface area contributed by atoms with E-state index in [1.54, 1.807) is 0 Å². The number of benzene rings is 1. The van der Waals surface area contributed by atoms with Crippen LogP contribution in [0.3, 0.4) is 0 Å². The van der Waals surface area contributed by atoms with Crippen LogP contribution in [0.25, 0.3) is 11.3 Å². The fraction of sp³-hybridized carbons (Fsp3) is 0.412. The Bertz CT molecular complexity index is 639. The lowest BCUT2D eigenvalue weighted by atomic mass is 9.78. The molecule has 1 fully saturated rings. The molecule has 1 aromatic heterocycles. The third-order valence-electron chi connectivity index (χ3n) is 4.41. The first-order chi connectivity index (χ1) is 10.1. The number of aromatic nitrogens is 1. The zero-order valence-corrected chi connectivity index (χ0v) is 12.1. The van der Waals surface area contributed by atoms with E-state index in [-0.39, 0.29) is 5.76 Å². The average molecular weight is 285 g/mol. The van der Waals surface area contributed by atoms with E-state index in [1.165, 1.54) is 37.3 Å². The number of aromatic carboxylic acids is 1. The van der Waals surface area contributed by atoms with Crippen LogP contribution in [-0.2, 0) is 0 Å². The minimum Gasteiger partial charge on any atom is -0.475 e. The second kappa shape index (κ2) is 5.72. The standard InChI is InChI=1S/C17H19NO3/c1-11-6-8-12(9-7-11)13-4-2-3-5-14(13)15-10-16(17(19)20)21-18-15/h2-5,10-12H,6-9H2,1H3,(H,19,20). The van der Waals surface area contributed by atoms with Crippen LogP contribution in [0.1, 0.15) is 54.6 Å². The van der Waals surface area contributed by atoms with Gasteiger partial charge in [-0.25, -0.2) is 4.79 Å². The summed E-state index contributed by atoms with van der Waals surface area (Å²) >= 11 is 0. The molecule has 1 saturated carbocycles. The van der Waals surface area contributed by atoms with E-state index in [0.29, 0.717) is 11.6 Å². The topological polar surface area (TPSA) is 63.3 Å². The number of carboxylic acids is 1. The molecule has 0 radical (unpaired) electrons. The zero-order chi connectivity index (χ0) is 14.8. The van der Waals surface area contributed by atoms with E-state index >= 15 is 0 Å². The normalized spacial score (nSPS) is 22.1. The molecule has 0 atom stereocenters. The van der Waals surface area contributed by atoms with Gasteiger partial charge in [0.25, 0.3) is 0 Å². The summed E-state index contributed by atoms with van der Waals surface area (Å²) in [7, 11) is 0. The van der Waals surface area contributed by atoms with Gasteiger partial charge in [-0.3, -0.25) is 0 Å². The summed E-state index contributed by atoms with van der Waals surface area (Å²) in [4.78, 5) is 10.9. The minimum absolute atomic E-state index is 0.114. The first-order valence-corrected chi connectivity index (χ1v) is 7.44. The Balaban J connectivity index is 1.93. The van der Waals surface area contributed by atoms with Gasteiger partial charge in [0.05, 0.1) is 0 Å². The lowest BCUT2D eigenvalue weighted by molar-refractivity contribution is 0.0652. The Morgan fingerprint density at radius 2 is 1.95 bits per heavy atom. The summed E-state index contributed by atoms with van der Waals surface area (Å²) in [6.45, 7) is 2.30. The van der Waals surface area contributed by atoms with Crippen molar-refractivity contribution in [2.24, 2.45) is 5.92 Å². The molecule has 0 aliphatic heterocycles. The first-order valence-electron chi connectivity index (χ1n) is 7.44. The van der Waals surface area contributed by atoms with Gasteiger partial charge >= 0.3 is 5.97 Å². The lowest BCUT2D eigenvalue weighted by Crippen LogP contribution is -2.11. The maximum absolute atomic E-state index is 10.9. The third kappa shape index (κ3) is 2.84. The number of carbonyl (C=O) groups is 1.